The van der Waals surface area contributed by atoms with E-state index in [2.05, 4.69) is 4.98 Å². The van der Waals surface area contributed by atoms with Gasteiger partial charge in [0.15, 0.2) is 0 Å². The topological polar surface area (TPSA) is 59.2 Å². The van der Waals surface area contributed by atoms with Crippen LogP contribution in [0, 0.1) is 0 Å². The van der Waals surface area contributed by atoms with Crippen LogP contribution in [0.15, 0.2) is 11.6 Å². The van der Waals surface area contributed by atoms with Crippen molar-refractivity contribution in [2.24, 2.45) is 5.73 Å². The summed E-state index contributed by atoms with van der Waals surface area (Å²) in [7, 11) is 0. The van der Waals surface area contributed by atoms with Crippen molar-refractivity contribution in [2.45, 2.75) is 32.9 Å². The van der Waals surface area contributed by atoms with Gasteiger partial charge in [0.05, 0.1) is 12.6 Å². The van der Waals surface area contributed by atoms with Gasteiger partial charge in [0, 0.05) is 17.6 Å². The average Bonchev–Trinajstić information content (AvgIpc) is 2.69. The number of thiazole rings is 1. The molecule has 0 radical (unpaired) electrons. The Morgan fingerprint density at radius 3 is 2.67 bits per heavy atom. The van der Waals surface area contributed by atoms with Crippen molar-refractivity contribution in [2.75, 3.05) is 6.54 Å². The molecular formula is C10H17N3OS. The van der Waals surface area contributed by atoms with Crippen molar-refractivity contribution in [1.82, 2.24) is 9.88 Å². The summed E-state index contributed by atoms with van der Waals surface area (Å²) in [5, 5.41) is 2.86. The molecule has 0 unspecified atom stereocenters. The predicted molar refractivity (Wildman–Crippen MR) is 61.6 cm³/mol. The number of rotatable bonds is 4. The van der Waals surface area contributed by atoms with Crippen LogP contribution >= 0.6 is 11.3 Å². The van der Waals surface area contributed by atoms with Crippen LogP contribution in [0.2, 0.25) is 0 Å². The lowest BCUT2D eigenvalue weighted by atomic mass is 10.2. The molecule has 15 heavy (non-hydrogen) atoms. The Labute approximate surface area is 94.1 Å². The van der Waals surface area contributed by atoms with Crippen LogP contribution in [0.25, 0.3) is 0 Å². The Balaban J connectivity index is 2.85. The van der Waals surface area contributed by atoms with Gasteiger partial charge in [0.1, 0.15) is 5.01 Å². The number of amides is 1. The average molecular weight is 227 g/mol. The van der Waals surface area contributed by atoms with E-state index in [4.69, 9.17) is 5.73 Å². The van der Waals surface area contributed by atoms with Gasteiger partial charge < -0.3 is 10.6 Å². The number of carbonyl (C=O) groups excluding carboxylic acids is 1. The van der Waals surface area contributed by atoms with Gasteiger partial charge in [-0.1, -0.05) is 0 Å². The second-order valence-corrected chi connectivity index (χ2v) is 4.57. The van der Waals surface area contributed by atoms with E-state index in [1.807, 2.05) is 26.2 Å². The molecule has 1 aromatic heterocycles. The molecule has 5 heteroatoms. The minimum Gasteiger partial charge on any atom is -0.330 e. The van der Waals surface area contributed by atoms with Crippen LogP contribution in [-0.2, 0) is 4.79 Å². The second kappa shape index (κ2) is 5.23. The zero-order chi connectivity index (χ0) is 11.4. The van der Waals surface area contributed by atoms with Gasteiger partial charge in [-0.05, 0) is 20.8 Å². The maximum Gasteiger partial charge on any atom is 0.237 e. The fraction of sp³-hybridized carbons (Fsp3) is 0.600. The number of hydrogen-bond donors (Lipinski definition) is 1. The van der Waals surface area contributed by atoms with Crippen LogP contribution in [0.4, 0.5) is 0 Å². The van der Waals surface area contributed by atoms with E-state index in [0.717, 1.165) is 5.01 Å². The summed E-state index contributed by atoms with van der Waals surface area (Å²) in [6.07, 6.45) is 1.75. The molecule has 0 fully saturated rings. The maximum atomic E-state index is 11.7. The fourth-order valence-corrected chi connectivity index (χ4v) is 2.31. The Morgan fingerprint density at radius 1 is 1.60 bits per heavy atom. The van der Waals surface area contributed by atoms with Crippen molar-refractivity contribution in [3.63, 3.8) is 0 Å². The van der Waals surface area contributed by atoms with E-state index in [1.54, 1.807) is 22.4 Å². The Hall–Kier alpha value is -0.940. The van der Waals surface area contributed by atoms with E-state index < -0.39 is 0 Å². The quantitative estimate of drug-likeness (QED) is 0.846. The highest BCUT2D eigenvalue weighted by Gasteiger charge is 2.24. The molecule has 84 valence electrons. The highest BCUT2D eigenvalue weighted by molar-refractivity contribution is 7.09. The van der Waals surface area contributed by atoms with Crippen molar-refractivity contribution >= 4 is 17.2 Å². The first kappa shape index (κ1) is 12.1. The largest absolute Gasteiger partial charge is 0.330 e. The van der Waals surface area contributed by atoms with E-state index in [-0.39, 0.29) is 24.5 Å². The third-order valence-corrected chi connectivity index (χ3v) is 3.19. The molecule has 1 rings (SSSR count). The minimum absolute atomic E-state index is 0.000972. The zero-order valence-corrected chi connectivity index (χ0v) is 10.1. The normalized spacial score (nSPS) is 12.9. The Kier molecular flexibility index (Phi) is 4.23. The van der Waals surface area contributed by atoms with Crippen LogP contribution in [-0.4, -0.2) is 28.4 Å². The lowest BCUT2D eigenvalue weighted by Crippen LogP contribution is -2.42. The molecule has 4 nitrogen and oxygen atoms in total. The van der Waals surface area contributed by atoms with Gasteiger partial charge >= 0.3 is 0 Å². The maximum absolute atomic E-state index is 11.7. The molecule has 0 saturated carbocycles. The smallest absolute Gasteiger partial charge is 0.237 e. The summed E-state index contributed by atoms with van der Waals surface area (Å²) in [5.41, 5.74) is 5.39. The molecule has 0 aliphatic heterocycles. The number of carbonyl (C=O) groups is 1. The molecule has 0 spiro atoms. The first-order valence-electron chi connectivity index (χ1n) is 4.98. The van der Waals surface area contributed by atoms with E-state index in [1.165, 1.54) is 0 Å². The third-order valence-electron chi connectivity index (χ3n) is 2.25. The van der Waals surface area contributed by atoms with Gasteiger partial charge in [-0.25, -0.2) is 4.98 Å². The molecule has 0 aliphatic carbocycles. The number of hydrogen-bond acceptors (Lipinski definition) is 4. The van der Waals surface area contributed by atoms with Gasteiger partial charge in [-0.2, -0.15) is 0 Å². The van der Waals surface area contributed by atoms with Crippen LogP contribution in [0.3, 0.4) is 0 Å². The van der Waals surface area contributed by atoms with Gasteiger partial charge in [0.2, 0.25) is 5.91 Å². The molecule has 1 atom stereocenters. The lowest BCUT2D eigenvalue weighted by molar-refractivity contribution is -0.133. The lowest BCUT2D eigenvalue weighted by Gasteiger charge is -2.31. The molecule has 2 N–H and O–H groups in total. The molecule has 0 aliphatic rings. The molecule has 0 saturated heterocycles. The number of aromatic nitrogens is 1. The summed E-state index contributed by atoms with van der Waals surface area (Å²) in [6, 6.07) is 0.140. The molecule has 1 aromatic rings. The first-order valence-corrected chi connectivity index (χ1v) is 5.86. The van der Waals surface area contributed by atoms with Crippen molar-refractivity contribution in [3.8, 4) is 0 Å². The number of nitrogens with two attached hydrogens (primary N) is 1. The molecule has 1 amide bonds. The summed E-state index contributed by atoms with van der Waals surface area (Å²) in [5.74, 6) is -0.0345. The van der Waals surface area contributed by atoms with Crippen LogP contribution in [0.1, 0.15) is 31.8 Å². The Morgan fingerprint density at radius 2 is 2.27 bits per heavy atom. The molecule has 1 heterocycles. The predicted octanol–water partition coefficient (Wildman–Crippen LogP) is 1.40. The highest BCUT2D eigenvalue weighted by Crippen LogP contribution is 2.23. The van der Waals surface area contributed by atoms with Crippen LogP contribution < -0.4 is 5.73 Å². The number of nitrogens with zero attached hydrogens (tertiary/aromatic N) is 2. The van der Waals surface area contributed by atoms with E-state index in [9.17, 15) is 4.79 Å². The standard InChI is InChI=1S/C10H17N3OS/c1-7(2)13(9(14)6-11)8(3)10-12-4-5-15-10/h4-5,7-8H,6,11H2,1-3H3/t8-/m1/s1. The van der Waals surface area contributed by atoms with Gasteiger partial charge in [0.25, 0.3) is 0 Å². The zero-order valence-electron chi connectivity index (χ0n) is 9.30. The van der Waals surface area contributed by atoms with Crippen molar-refractivity contribution < 1.29 is 4.79 Å². The Bertz CT molecular complexity index is 310. The van der Waals surface area contributed by atoms with Crippen molar-refractivity contribution in [1.29, 1.82) is 0 Å². The summed E-state index contributed by atoms with van der Waals surface area (Å²) in [6.45, 7) is 6.00. The molecule has 0 bridgehead atoms. The van der Waals surface area contributed by atoms with Gasteiger partial charge in [-0.3, -0.25) is 4.79 Å². The van der Waals surface area contributed by atoms with Crippen molar-refractivity contribution in [3.05, 3.63) is 16.6 Å². The summed E-state index contributed by atoms with van der Waals surface area (Å²) >= 11 is 1.56. The molecular weight excluding hydrogens is 210 g/mol. The minimum atomic E-state index is -0.0345. The molecule has 0 aromatic carbocycles. The fourth-order valence-electron chi connectivity index (χ4n) is 1.62. The second-order valence-electron chi connectivity index (χ2n) is 3.65. The highest BCUT2D eigenvalue weighted by atomic mass is 32.1. The van der Waals surface area contributed by atoms with E-state index in [0.29, 0.717) is 0 Å². The van der Waals surface area contributed by atoms with E-state index >= 15 is 0 Å². The summed E-state index contributed by atoms with van der Waals surface area (Å²) < 4.78 is 0. The summed E-state index contributed by atoms with van der Waals surface area (Å²) in [4.78, 5) is 17.7. The SMILES string of the molecule is CC(C)N(C(=O)CN)[C@H](C)c1nccs1. The van der Waals surface area contributed by atoms with Gasteiger partial charge in [-0.15, -0.1) is 11.3 Å². The van der Waals surface area contributed by atoms with Crippen LogP contribution in [0.5, 0.6) is 0 Å². The third kappa shape index (κ3) is 2.76. The first-order chi connectivity index (χ1) is 7.07. The monoisotopic (exact) mass is 227 g/mol.